The second-order valence-electron chi connectivity index (χ2n) is 4.94. The van der Waals surface area contributed by atoms with Crippen molar-refractivity contribution < 1.29 is 18.0 Å². The van der Waals surface area contributed by atoms with E-state index in [2.05, 4.69) is 5.32 Å². The van der Waals surface area contributed by atoms with Gasteiger partial charge in [0.25, 0.3) is 0 Å². The summed E-state index contributed by atoms with van der Waals surface area (Å²) in [7, 11) is 0. The van der Waals surface area contributed by atoms with Crippen molar-refractivity contribution in [1.29, 1.82) is 0 Å². The van der Waals surface area contributed by atoms with Gasteiger partial charge in [0.15, 0.2) is 11.6 Å². The lowest BCUT2D eigenvalue weighted by molar-refractivity contribution is -0.119. The van der Waals surface area contributed by atoms with E-state index < -0.39 is 28.9 Å². The topological polar surface area (TPSA) is 32.3 Å². The molecule has 6 heteroatoms. The maximum atomic E-state index is 13.6. The highest BCUT2D eigenvalue weighted by Gasteiger charge is 2.33. The van der Waals surface area contributed by atoms with Crippen LogP contribution in [0.1, 0.15) is 13.8 Å². The number of anilines is 1. The minimum Gasteiger partial charge on any atom is -0.307 e. The Morgan fingerprint density at radius 1 is 1.28 bits per heavy atom. The minimum absolute atomic E-state index is 0.00454. The second-order valence-corrected chi connectivity index (χ2v) is 4.94. The second kappa shape index (κ2) is 4.28. The number of rotatable bonds is 1. The molecule has 0 radical (unpaired) electrons. The lowest BCUT2D eigenvalue weighted by atomic mass is 10.0. The van der Waals surface area contributed by atoms with E-state index >= 15 is 0 Å². The van der Waals surface area contributed by atoms with E-state index in [0.29, 0.717) is 6.07 Å². The van der Waals surface area contributed by atoms with Gasteiger partial charge in [-0.05, 0) is 13.8 Å². The van der Waals surface area contributed by atoms with Gasteiger partial charge in [0.2, 0.25) is 5.91 Å². The zero-order valence-corrected chi connectivity index (χ0v) is 10.1. The number of carbonyl (C=O) groups is 1. The Labute approximate surface area is 103 Å². The number of hydrogen-bond acceptors (Lipinski definition) is 2. The maximum absolute atomic E-state index is 13.6. The monoisotopic (exact) mass is 258 g/mol. The Morgan fingerprint density at radius 2 is 1.94 bits per heavy atom. The molecule has 1 heterocycles. The zero-order chi connectivity index (χ0) is 13.5. The van der Waals surface area contributed by atoms with E-state index in [9.17, 15) is 18.0 Å². The molecule has 0 spiro atoms. The maximum Gasteiger partial charge on any atom is 0.241 e. The highest BCUT2D eigenvalue weighted by Crippen LogP contribution is 2.26. The highest BCUT2D eigenvalue weighted by atomic mass is 19.2. The molecule has 3 nitrogen and oxygen atoms in total. The summed E-state index contributed by atoms with van der Waals surface area (Å²) < 4.78 is 39.9. The predicted octanol–water partition coefficient (Wildman–Crippen LogP) is 1.82. The molecule has 1 amide bonds. The Bertz CT molecular complexity index is 502. The molecule has 1 aliphatic rings. The van der Waals surface area contributed by atoms with Gasteiger partial charge in [0.1, 0.15) is 5.82 Å². The van der Waals surface area contributed by atoms with E-state index in [-0.39, 0.29) is 18.8 Å². The van der Waals surface area contributed by atoms with E-state index in [1.54, 1.807) is 0 Å². The van der Waals surface area contributed by atoms with Gasteiger partial charge < -0.3 is 10.2 Å². The van der Waals surface area contributed by atoms with Crippen LogP contribution in [-0.4, -0.2) is 24.5 Å². The summed E-state index contributed by atoms with van der Waals surface area (Å²) in [6.45, 7) is 3.79. The SMILES string of the molecule is CC1(C)CN(c2cc(F)cc(F)c2F)C(=O)CN1. The quantitative estimate of drug-likeness (QED) is 0.779. The fourth-order valence-electron chi connectivity index (χ4n) is 1.91. The Balaban J connectivity index is 2.44. The van der Waals surface area contributed by atoms with Gasteiger partial charge in [0, 0.05) is 24.2 Å². The van der Waals surface area contributed by atoms with Crippen LogP contribution in [-0.2, 0) is 4.79 Å². The summed E-state index contributed by atoms with van der Waals surface area (Å²) in [5, 5.41) is 2.96. The first kappa shape index (κ1) is 12.9. The smallest absolute Gasteiger partial charge is 0.241 e. The van der Waals surface area contributed by atoms with Crippen LogP contribution in [0.15, 0.2) is 12.1 Å². The molecule has 18 heavy (non-hydrogen) atoms. The largest absolute Gasteiger partial charge is 0.307 e. The number of piperazine rings is 1. The standard InChI is InChI=1S/C12H13F3N2O/c1-12(2)6-17(10(18)5-16-12)9-4-7(13)3-8(14)11(9)15/h3-4,16H,5-6H2,1-2H3. The van der Waals surface area contributed by atoms with Crippen LogP contribution in [0.25, 0.3) is 0 Å². The molecule has 98 valence electrons. The Kier molecular flexibility index (Phi) is 3.06. The van der Waals surface area contributed by atoms with E-state index in [4.69, 9.17) is 0 Å². The fraction of sp³-hybridized carbons (Fsp3) is 0.417. The zero-order valence-electron chi connectivity index (χ0n) is 10.1. The first-order valence-corrected chi connectivity index (χ1v) is 5.50. The summed E-state index contributed by atoms with van der Waals surface area (Å²) in [4.78, 5) is 12.8. The Morgan fingerprint density at radius 3 is 2.61 bits per heavy atom. The van der Waals surface area contributed by atoms with Gasteiger partial charge in [-0.1, -0.05) is 0 Å². The van der Waals surface area contributed by atoms with Crippen molar-refractivity contribution in [1.82, 2.24) is 5.32 Å². The van der Waals surface area contributed by atoms with Gasteiger partial charge in [0.05, 0.1) is 12.2 Å². The van der Waals surface area contributed by atoms with Gasteiger partial charge in [-0.25, -0.2) is 13.2 Å². The first-order valence-electron chi connectivity index (χ1n) is 5.50. The number of amides is 1. The number of carbonyl (C=O) groups excluding carboxylic acids is 1. The third-order valence-electron chi connectivity index (χ3n) is 2.84. The molecule has 0 bridgehead atoms. The summed E-state index contributed by atoms with van der Waals surface area (Å²) in [6.07, 6.45) is 0. The molecular formula is C12H13F3N2O. The summed E-state index contributed by atoms with van der Waals surface area (Å²) in [5.74, 6) is -3.83. The van der Waals surface area contributed by atoms with Crippen LogP contribution < -0.4 is 10.2 Å². The van der Waals surface area contributed by atoms with Crippen LogP contribution in [0.3, 0.4) is 0 Å². The number of halogens is 3. The molecule has 1 aromatic rings. The van der Waals surface area contributed by atoms with Crippen LogP contribution in [0.4, 0.5) is 18.9 Å². The average molecular weight is 258 g/mol. The van der Waals surface area contributed by atoms with Crippen molar-refractivity contribution in [3.05, 3.63) is 29.6 Å². The molecule has 0 aliphatic carbocycles. The Hall–Kier alpha value is -1.56. The van der Waals surface area contributed by atoms with Crippen molar-refractivity contribution in [3.63, 3.8) is 0 Å². The van der Waals surface area contributed by atoms with Crippen LogP contribution in [0.2, 0.25) is 0 Å². The molecule has 0 atom stereocenters. The van der Waals surface area contributed by atoms with Crippen LogP contribution in [0.5, 0.6) is 0 Å². The molecule has 1 fully saturated rings. The van der Waals surface area contributed by atoms with Gasteiger partial charge in [-0.15, -0.1) is 0 Å². The summed E-state index contributed by atoms with van der Waals surface area (Å²) in [5.41, 5.74) is -0.796. The third-order valence-corrected chi connectivity index (χ3v) is 2.84. The third kappa shape index (κ3) is 2.33. The van der Waals surface area contributed by atoms with Crippen molar-refractivity contribution in [2.45, 2.75) is 19.4 Å². The van der Waals surface area contributed by atoms with Crippen molar-refractivity contribution in [3.8, 4) is 0 Å². The minimum atomic E-state index is -1.30. The molecule has 0 unspecified atom stereocenters. The highest BCUT2D eigenvalue weighted by molar-refractivity contribution is 5.96. The van der Waals surface area contributed by atoms with Crippen molar-refractivity contribution in [2.24, 2.45) is 0 Å². The predicted molar refractivity (Wildman–Crippen MR) is 60.8 cm³/mol. The lowest BCUT2D eigenvalue weighted by Gasteiger charge is -2.38. The summed E-state index contributed by atoms with van der Waals surface area (Å²) in [6, 6.07) is 1.29. The average Bonchev–Trinajstić information content (AvgIpc) is 2.27. The molecule has 1 aliphatic heterocycles. The van der Waals surface area contributed by atoms with E-state index in [1.807, 2.05) is 13.8 Å². The number of benzene rings is 1. The lowest BCUT2D eigenvalue weighted by Crippen LogP contribution is -2.60. The van der Waals surface area contributed by atoms with Gasteiger partial charge in [-0.3, -0.25) is 4.79 Å². The van der Waals surface area contributed by atoms with Crippen molar-refractivity contribution in [2.75, 3.05) is 18.0 Å². The molecule has 0 aromatic heterocycles. The number of nitrogens with one attached hydrogen (secondary N) is 1. The van der Waals surface area contributed by atoms with Gasteiger partial charge >= 0.3 is 0 Å². The van der Waals surface area contributed by atoms with Crippen LogP contribution >= 0.6 is 0 Å². The van der Waals surface area contributed by atoms with Gasteiger partial charge in [-0.2, -0.15) is 0 Å². The number of hydrogen-bond donors (Lipinski definition) is 1. The van der Waals surface area contributed by atoms with Crippen molar-refractivity contribution >= 4 is 11.6 Å². The number of nitrogens with zero attached hydrogens (tertiary/aromatic N) is 1. The molecule has 2 rings (SSSR count). The summed E-state index contributed by atoms with van der Waals surface area (Å²) >= 11 is 0. The molecule has 1 N–H and O–H groups in total. The van der Waals surface area contributed by atoms with Crippen LogP contribution in [0, 0.1) is 17.5 Å². The first-order chi connectivity index (χ1) is 8.30. The normalized spacial score (nSPS) is 19.2. The fourth-order valence-corrected chi connectivity index (χ4v) is 1.91. The molecule has 1 aromatic carbocycles. The molecule has 0 saturated carbocycles. The van der Waals surface area contributed by atoms with E-state index in [0.717, 1.165) is 11.0 Å². The van der Waals surface area contributed by atoms with E-state index in [1.165, 1.54) is 0 Å². The molecular weight excluding hydrogens is 245 g/mol. The molecule has 1 saturated heterocycles.